The van der Waals surface area contributed by atoms with Gasteiger partial charge >= 0.3 is 0 Å². The van der Waals surface area contributed by atoms with E-state index in [-0.39, 0.29) is 0 Å². The smallest absolute Gasteiger partial charge is 0.146 e. The van der Waals surface area contributed by atoms with Crippen molar-refractivity contribution in [1.82, 2.24) is 19.3 Å². The van der Waals surface area contributed by atoms with Crippen molar-refractivity contribution in [2.75, 3.05) is 6.54 Å². The summed E-state index contributed by atoms with van der Waals surface area (Å²) in [6.07, 6.45) is 6.63. The van der Waals surface area contributed by atoms with Crippen LogP contribution < -0.4 is 5.73 Å². The van der Waals surface area contributed by atoms with Gasteiger partial charge in [-0.25, -0.2) is 4.98 Å². The standard InChI is InChI=1S/C10H15N5/c1-14-10(12-8-13-14)7-15-5-3-9(6-15)2-4-11/h3,5-6,8H,2,4,7,11H2,1H3. The van der Waals surface area contributed by atoms with Crippen molar-refractivity contribution in [2.45, 2.75) is 13.0 Å². The van der Waals surface area contributed by atoms with E-state index in [0.717, 1.165) is 18.8 Å². The van der Waals surface area contributed by atoms with E-state index in [0.29, 0.717) is 6.54 Å². The number of aryl methyl sites for hydroxylation is 1. The van der Waals surface area contributed by atoms with Gasteiger partial charge in [0, 0.05) is 19.4 Å². The van der Waals surface area contributed by atoms with Crippen LogP contribution in [0, 0.1) is 0 Å². The normalized spacial score (nSPS) is 10.8. The minimum Gasteiger partial charge on any atom is -0.346 e. The Morgan fingerprint density at radius 1 is 1.47 bits per heavy atom. The minimum atomic E-state index is 0.688. The second-order valence-corrected chi connectivity index (χ2v) is 3.53. The van der Waals surface area contributed by atoms with Crippen LogP contribution in [0.4, 0.5) is 0 Å². The number of hydrogen-bond acceptors (Lipinski definition) is 3. The van der Waals surface area contributed by atoms with Gasteiger partial charge in [0.2, 0.25) is 0 Å². The van der Waals surface area contributed by atoms with Crippen molar-refractivity contribution in [1.29, 1.82) is 0 Å². The largest absolute Gasteiger partial charge is 0.346 e. The first kappa shape index (κ1) is 9.92. The van der Waals surface area contributed by atoms with Crippen molar-refractivity contribution in [3.63, 3.8) is 0 Å². The van der Waals surface area contributed by atoms with Crippen LogP contribution in [-0.2, 0) is 20.0 Å². The third-order valence-electron chi connectivity index (χ3n) is 2.37. The van der Waals surface area contributed by atoms with E-state index < -0.39 is 0 Å². The van der Waals surface area contributed by atoms with E-state index in [1.54, 1.807) is 11.0 Å². The molecule has 2 aromatic heterocycles. The van der Waals surface area contributed by atoms with Gasteiger partial charge in [0.05, 0.1) is 6.54 Å². The quantitative estimate of drug-likeness (QED) is 0.773. The molecule has 0 amide bonds. The Balaban J connectivity index is 2.08. The van der Waals surface area contributed by atoms with Gasteiger partial charge in [-0.1, -0.05) is 0 Å². The lowest BCUT2D eigenvalue weighted by atomic mass is 10.2. The molecule has 0 fully saturated rings. The Bertz CT molecular complexity index is 428. The maximum absolute atomic E-state index is 5.49. The molecule has 0 aliphatic carbocycles. The first-order valence-electron chi connectivity index (χ1n) is 4.97. The third-order valence-corrected chi connectivity index (χ3v) is 2.37. The summed E-state index contributed by atoms with van der Waals surface area (Å²) in [6, 6.07) is 2.09. The molecule has 2 heterocycles. The van der Waals surface area contributed by atoms with E-state index in [9.17, 15) is 0 Å². The topological polar surface area (TPSA) is 61.7 Å². The lowest BCUT2D eigenvalue weighted by Gasteiger charge is -2.01. The molecule has 0 aliphatic rings. The van der Waals surface area contributed by atoms with Crippen LogP contribution >= 0.6 is 0 Å². The lowest BCUT2D eigenvalue weighted by molar-refractivity contribution is 0.654. The number of aromatic nitrogens is 4. The van der Waals surface area contributed by atoms with Gasteiger partial charge in [-0.3, -0.25) is 4.68 Å². The summed E-state index contributed by atoms with van der Waals surface area (Å²) in [5.41, 5.74) is 6.76. The monoisotopic (exact) mass is 205 g/mol. The molecule has 0 unspecified atom stereocenters. The van der Waals surface area contributed by atoms with E-state index in [1.807, 2.05) is 13.2 Å². The van der Waals surface area contributed by atoms with Crippen molar-refractivity contribution in [2.24, 2.45) is 12.8 Å². The van der Waals surface area contributed by atoms with Gasteiger partial charge in [0.15, 0.2) is 0 Å². The second kappa shape index (κ2) is 4.27. The molecule has 5 heteroatoms. The summed E-state index contributed by atoms with van der Waals surface area (Å²) in [4.78, 5) is 4.17. The first-order valence-corrected chi connectivity index (χ1v) is 4.97. The van der Waals surface area contributed by atoms with Crippen molar-refractivity contribution in [3.8, 4) is 0 Å². The number of rotatable bonds is 4. The average molecular weight is 205 g/mol. The third kappa shape index (κ3) is 2.24. The Labute approximate surface area is 88.5 Å². The second-order valence-electron chi connectivity index (χ2n) is 3.53. The summed E-state index contributed by atoms with van der Waals surface area (Å²) in [6.45, 7) is 1.44. The SMILES string of the molecule is Cn1ncnc1Cn1ccc(CCN)c1. The molecule has 5 nitrogen and oxygen atoms in total. The molecule has 0 atom stereocenters. The summed E-state index contributed by atoms with van der Waals surface area (Å²) < 4.78 is 3.87. The Hall–Kier alpha value is -1.62. The highest BCUT2D eigenvalue weighted by Gasteiger charge is 2.02. The Morgan fingerprint density at radius 2 is 2.33 bits per heavy atom. The van der Waals surface area contributed by atoms with Crippen LogP contribution in [0.25, 0.3) is 0 Å². The molecular formula is C10H15N5. The Kier molecular flexibility index (Phi) is 2.82. The molecule has 0 radical (unpaired) electrons. The average Bonchev–Trinajstić information content (AvgIpc) is 2.79. The minimum absolute atomic E-state index is 0.688. The molecule has 0 spiro atoms. The van der Waals surface area contributed by atoms with Gasteiger partial charge in [-0.15, -0.1) is 0 Å². The van der Waals surface area contributed by atoms with E-state index in [2.05, 4.69) is 26.9 Å². The molecular weight excluding hydrogens is 190 g/mol. The van der Waals surface area contributed by atoms with Crippen molar-refractivity contribution in [3.05, 3.63) is 36.2 Å². The molecule has 0 bridgehead atoms. The molecule has 0 aliphatic heterocycles. The molecule has 2 N–H and O–H groups in total. The Morgan fingerprint density at radius 3 is 3.00 bits per heavy atom. The van der Waals surface area contributed by atoms with Crippen LogP contribution in [0.2, 0.25) is 0 Å². The lowest BCUT2D eigenvalue weighted by Crippen LogP contribution is -2.05. The predicted molar refractivity (Wildman–Crippen MR) is 57.3 cm³/mol. The van der Waals surface area contributed by atoms with E-state index in [4.69, 9.17) is 5.73 Å². The highest BCUT2D eigenvalue weighted by molar-refractivity contribution is 5.11. The van der Waals surface area contributed by atoms with Gasteiger partial charge < -0.3 is 10.3 Å². The fourth-order valence-corrected chi connectivity index (χ4v) is 1.53. The zero-order chi connectivity index (χ0) is 10.7. The number of hydrogen-bond donors (Lipinski definition) is 1. The van der Waals surface area contributed by atoms with Gasteiger partial charge in [0.25, 0.3) is 0 Å². The summed E-state index contributed by atoms with van der Waals surface area (Å²) in [5, 5.41) is 4.03. The molecule has 0 saturated carbocycles. The highest BCUT2D eigenvalue weighted by Crippen LogP contribution is 2.04. The van der Waals surface area contributed by atoms with E-state index in [1.165, 1.54) is 5.56 Å². The van der Waals surface area contributed by atoms with Crippen molar-refractivity contribution < 1.29 is 0 Å². The van der Waals surface area contributed by atoms with Crippen LogP contribution in [0.3, 0.4) is 0 Å². The van der Waals surface area contributed by atoms with Crippen LogP contribution in [0.1, 0.15) is 11.4 Å². The van der Waals surface area contributed by atoms with Crippen molar-refractivity contribution >= 4 is 0 Å². The maximum Gasteiger partial charge on any atom is 0.146 e. The van der Waals surface area contributed by atoms with Gasteiger partial charge in [-0.05, 0) is 24.6 Å². The van der Waals surface area contributed by atoms with Crippen LogP contribution in [-0.4, -0.2) is 25.9 Å². The van der Waals surface area contributed by atoms with Crippen LogP contribution in [0.5, 0.6) is 0 Å². The zero-order valence-corrected chi connectivity index (χ0v) is 8.80. The summed E-state index contributed by atoms with van der Waals surface area (Å²) >= 11 is 0. The van der Waals surface area contributed by atoms with Gasteiger partial charge in [0.1, 0.15) is 12.2 Å². The molecule has 2 aromatic rings. The van der Waals surface area contributed by atoms with E-state index >= 15 is 0 Å². The predicted octanol–water partition coefficient (Wildman–Crippen LogP) is 0.166. The number of nitrogens with zero attached hydrogens (tertiary/aromatic N) is 4. The number of nitrogens with two attached hydrogens (primary N) is 1. The maximum atomic E-state index is 5.49. The zero-order valence-electron chi connectivity index (χ0n) is 8.80. The molecule has 15 heavy (non-hydrogen) atoms. The van der Waals surface area contributed by atoms with Crippen LogP contribution in [0.15, 0.2) is 24.8 Å². The van der Waals surface area contributed by atoms with Gasteiger partial charge in [-0.2, -0.15) is 5.10 Å². The highest BCUT2D eigenvalue weighted by atomic mass is 15.3. The summed E-state index contributed by atoms with van der Waals surface area (Å²) in [5.74, 6) is 0.949. The summed E-state index contributed by atoms with van der Waals surface area (Å²) in [7, 11) is 1.90. The first-order chi connectivity index (χ1) is 7.29. The molecule has 0 aromatic carbocycles. The molecule has 2 rings (SSSR count). The fraction of sp³-hybridized carbons (Fsp3) is 0.400. The molecule has 0 saturated heterocycles. The molecule has 80 valence electrons. The fourth-order valence-electron chi connectivity index (χ4n) is 1.53.